The second kappa shape index (κ2) is 4.73. The van der Waals surface area contributed by atoms with Crippen LogP contribution in [0, 0.1) is 0 Å². The van der Waals surface area contributed by atoms with Crippen LogP contribution < -0.4 is 0 Å². The minimum Gasteiger partial charge on any atom is -0.469 e. The number of carbonyl (C=O) groups excluding carboxylic acids is 1. The van der Waals surface area contributed by atoms with Crippen LogP contribution in [-0.4, -0.2) is 5.78 Å². The van der Waals surface area contributed by atoms with E-state index in [1.54, 1.807) is 30.3 Å². The van der Waals surface area contributed by atoms with Gasteiger partial charge in [0.15, 0.2) is 5.78 Å². The zero-order chi connectivity index (χ0) is 11.5. The number of ketones is 1. The molecular weight excluding hydrogens is 247 g/mol. The highest BCUT2D eigenvalue weighted by molar-refractivity contribution is 6.42. The largest absolute Gasteiger partial charge is 0.469 e. The Balaban J connectivity index is 2.18. The van der Waals surface area contributed by atoms with Crippen molar-refractivity contribution in [2.75, 3.05) is 0 Å². The third kappa shape index (κ3) is 2.46. The molecule has 82 valence electrons. The monoisotopic (exact) mass is 254 g/mol. The third-order valence-corrected chi connectivity index (χ3v) is 2.90. The van der Waals surface area contributed by atoms with Crippen LogP contribution in [0.3, 0.4) is 0 Å². The summed E-state index contributed by atoms with van der Waals surface area (Å²) in [6.45, 7) is 0. The highest BCUT2D eigenvalue weighted by Gasteiger charge is 2.10. The van der Waals surface area contributed by atoms with Crippen molar-refractivity contribution >= 4 is 29.0 Å². The van der Waals surface area contributed by atoms with Gasteiger partial charge in [0.2, 0.25) is 0 Å². The first-order chi connectivity index (χ1) is 7.66. The van der Waals surface area contributed by atoms with Crippen molar-refractivity contribution in [3.05, 3.63) is 58.0 Å². The average molecular weight is 255 g/mol. The van der Waals surface area contributed by atoms with E-state index >= 15 is 0 Å². The van der Waals surface area contributed by atoms with Gasteiger partial charge in [-0.25, -0.2) is 0 Å². The summed E-state index contributed by atoms with van der Waals surface area (Å²) in [6.07, 6.45) is 1.77. The van der Waals surface area contributed by atoms with E-state index < -0.39 is 0 Å². The van der Waals surface area contributed by atoms with E-state index in [4.69, 9.17) is 27.6 Å². The van der Waals surface area contributed by atoms with Crippen molar-refractivity contribution in [1.82, 2.24) is 0 Å². The predicted molar refractivity (Wildman–Crippen MR) is 63.2 cm³/mol. The van der Waals surface area contributed by atoms with Gasteiger partial charge in [-0.3, -0.25) is 4.79 Å². The van der Waals surface area contributed by atoms with Crippen molar-refractivity contribution in [3.63, 3.8) is 0 Å². The summed E-state index contributed by atoms with van der Waals surface area (Å²) in [5, 5.41) is 0.822. The van der Waals surface area contributed by atoms with E-state index in [0.29, 0.717) is 21.4 Å². The van der Waals surface area contributed by atoms with Gasteiger partial charge >= 0.3 is 0 Å². The normalized spacial score (nSPS) is 10.4. The molecule has 0 fully saturated rings. The molecule has 1 aromatic heterocycles. The Morgan fingerprint density at radius 2 is 2.00 bits per heavy atom. The van der Waals surface area contributed by atoms with Gasteiger partial charge in [0, 0.05) is 5.56 Å². The number of Topliss-reactive ketones (excluding diaryl/α,β-unsaturated/α-hetero) is 1. The van der Waals surface area contributed by atoms with Crippen LogP contribution in [0.1, 0.15) is 16.1 Å². The molecule has 16 heavy (non-hydrogen) atoms. The summed E-state index contributed by atoms with van der Waals surface area (Å²) in [7, 11) is 0. The Bertz CT molecular complexity index is 504. The second-order valence-corrected chi connectivity index (χ2v) is 4.12. The lowest BCUT2D eigenvalue weighted by Crippen LogP contribution is -2.02. The molecule has 0 atom stereocenters. The van der Waals surface area contributed by atoms with Gasteiger partial charge in [-0.1, -0.05) is 23.2 Å². The van der Waals surface area contributed by atoms with Gasteiger partial charge in [0.25, 0.3) is 0 Å². The topological polar surface area (TPSA) is 30.2 Å². The van der Waals surface area contributed by atoms with Gasteiger partial charge in [-0.05, 0) is 30.3 Å². The van der Waals surface area contributed by atoms with Crippen LogP contribution in [-0.2, 0) is 6.42 Å². The van der Waals surface area contributed by atoms with E-state index in [2.05, 4.69) is 0 Å². The standard InChI is InChI=1S/C12H8Cl2O2/c13-10-4-3-8(6-11(10)14)12(15)7-9-2-1-5-16-9/h1-6H,7H2. The molecule has 1 heterocycles. The fraction of sp³-hybridized carbons (Fsp3) is 0.0833. The average Bonchev–Trinajstić information content (AvgIpc) is 2.74. The van der Waals surface area contributed by atoms with E-state index in [1.165, 1.54) is 6.26 Å². The summed E-state index contributed by atoms with van der Waals surface area (Å²) < 4.78 is 5.10. The molecule has 2 rings (SSSR count). The van der Waals surface area contributed by atoms with Crippen molar-refractivity contribution in [2.24, 2.45) is 0 Å². The molecular formula is C12H8Cl2O2. The number of benzene rings is 1. The highest BCUT2D eigenvalue weighted by Crippen LogP contribution is 2.23. The number of furan rings is 1. The quantitative estimate of drug-likeness (QED) is 0.775. The maximum Gasteiger partial charge on any atom is 0.170 e. The lowest BCUT2D eigenvalue weighted by molar-refractivity contribution is 0.0987. The molecule has 0 saturated carbocycles. The minimum atomic E-state index is -0.0477. The van der Waals surface area contributed by atoms with Crippen LogP contribution in [0.5, 0.6) is 0 Å². The van der Waals surface area contributed by atoms with Gasteiger partial charge in [0.05, 0.1) is 22.7 Å². The first-order valence-corrected chi connectivity index (χ1v) is 5.43. The van der Waals surface area contributed by atoms with Gasteiger partial charge in [-0.2, -0.15) is 0 Å². The van der Waals surface area contributed by atoms with Crippen LogP contribution in [0.2, 0.25) is 10.0 Å². The van der Waals surface area contributed by atoms with Crippen molar-refractivity contribution in [1.29, 1.82) is 0 Å². The summed E-state index contributed by atoms with van der Waals surface area (Å²) >= 11 is 11.6. The summed E-state index contributed by atoms with van der Waals surface area (Å²) in [5.74, 6) is 0.588. The van der Waals surface area contributed by atoms with E-state index in [1.807, 2.05) is 0 Å². The summed E-state index contributed by atoms with van der Waals surface area (Å²) in [4.78, 5) is 11.8. The molecule has 2 nitrogen and oxygen atoms in total. The zero-order valence-electron chi connectivity index (χ0n) is 8.24. The Kier molecular flexibility index (Phi) is 3.32. The molecule has 0 spiro atoms. The molecule has 0 saturated heterocycles. The fourth-order valence-corrected chi connectivity index (χ4v) is 1.64. The molecule has 0 amide bonds. The molecule has 2 aromatic rings. The Morgan fingerprint density at radius 1 is 1.19 bits per heavy atom. The van der Waals surface area contributed by atoms with Crippen molar-refractivity contribution in [3.8, 4) is 0 Å². The minimum absolute atomic E-state index is 0.0477. The molecule has 0 N–H and O–H groups in total. The Labute approximate surface area is 103 Å². The van der Waals surface area contributed by atoms with Gasteiger partial charge in [0.1, 0.15) is 5.76 Å². The van der Waals surface area contributed by atoms with Crippen LogP contribution in [0.4, 0.5) is 0 Å². The lowest BCUT2D eigenvalue weighted by Gasteiger charge is -2.01. The molecule has 4 heteroatoms. The van der Waals surface area contributed by atoms with Gasteiger partial charge in [-0.15, -0.1) is 0 Å². The number of hydrogen-bond acceptors (Lipinski definition) is 2. The van der Waals surface area contributed by atoms with Crippen LogP contribution in [0.25, 0.3) is 0 Å². The molecule has 0 radical (unpaired) electrons. The molecule has 0 aliphatic rings. The first-order valence-electron chi connectivity index (χ1n) is 4.67. The fourth-order valence-electron chi connectivity index (χ4n) is 1.34. The smallest absolute Gasteiger partial charge is 0.170 e. The second-order valence-electron chi connectivity index (χ2n) is 3.31. The molecule has 0 unspecified atom stereocenters. The maximum atomic E-state index is 11.8. The number of rotatable bonds is 3. The van der Waals surface area contributed by atoms with Crippen LogP contribution in [0.15, 0.2) is 41.0 Å². The SMILES string of the molecule is O=C(Cc1ccco1)c1ccc(Cl)c(Cl)c1. The number of halogens is 2. The first kappa shape index (κ1) is 11.2. The van der Waals surface area contributed by atoms with E-state index in [9.17, 15) is 4.79 Å². The molecule has 0 aliphatic heterocycles. The molecule has 1 aromatic carbocycles. The summed E-state index contributed by atoms with van der Waals surface area (Å²) in [5.41, 5.74) is 0.533. The Morgan fingerprint density at radius 3 is 2.62 bits per heavy atom. The highest BCUT2D eigenvalue weighted by atomic mass is 35.5. The number of carbonyl (C=O) groups is 1. The zero-order valence-corrected chi connectivity index (χ0v) is 9.76. The number of hydrogen-bond donors (Lipinski definition) is 0. The Hall–Kier alpha value is -1.25. The third-order valence-electron chi connectivity index (χ3n) is 2.16. The van der Waals surface area contributed by atoms with E-state index in [-0.39, 0.29) is 12.2 Å². The molecule has 0 bridgehead atoms. The summed E-state index contributed by atoms with van der Waals surface area (Å²) in [6, 6.07) is 8.33. The van der Waals surface area contributed by atoms with Crippen molar-refractivity contribution in [2.45, 2.75) is 6.42 Å². The molecule has 0 aliphatic carbocycles. The van der Waals surface area contributed by atoms with E-state index in [0.717, 1.165) is 0 Å². The lowest BCUT2D eigenvalue weighted by atomic mass is 10.1. The predicted octanol–water partition coefficient (Wildman–Crippen LogP) is 4.01. The van der Waals surface area contributed by atoms with Crippen LogP contribution >= 0.6 is 23.2 Å². The van der Waals surface area contributed by atoms with Crippen molar-refractivity contribution < 1.29 is 9.21 Å². The maximum absolute atomic E-state index is 11.8. The van der Waals surface area contributed by atoms with Gasteiger partial charge < -0.3 is 4.42 Å².